The van der Waals surface area contributed by atoms with Gasteiger partial charge >= 0.3 is 0 Å². The summed E-state index contributed by atoms with van der Waals surface area (Å²) < 4.78 is 1.49. The minimum atomic E-state index is -0.505. The number of hydrogen-bond acceptors (Lipinski definition) is 4. The summed E-state index contributed by atoms with van der Waals surface area (Å²) in [4.78, 5) is 24.3. The van der Waals surface area contributed by atoms with Crippen LogP contribution < -0.4 is 0 Å². The van der Waals surface area contributed by atoms with Gasteiger partial charge in [0.25, 0.3) is 5.69 Å². The minimum absolute atomic E-state index is 0.0412. The zero-order valence-electron chi connectivity index (χ0n) is 6.95. The molecule has 0 bridgehead atoms. The van der Waals surface area contributed by atoms with E-state index in [1.54, 1.807) is 0 Å². The third-order valence-corrected chi connectivity index (χ3v) is 1.86. The lowest BCUT2D eigenvalue weighted by Gasteiger charge is -1.94. The van der Waals surface area contributed by atoms with Crippen molar-refractivity contribution in [3.63, 3.8) is 0 Å². The van der Waals surface area contributed by atoms with Crippen molar-refractivity contribution in [1.29, 1.82) is 0 Å². The number of fused-ring (bicyclic) bond motifs is 1. The van der Waals surface area contributed by atoms with Crippen molar-refractivity contribution in [3.8, 4) is 0 Å². The molecule has 2 aromatic heterocycles. The molecule has 0 atom stereocenters. The van der Waals surface area contributed by atoms with Gasteiger partial charge in [-0.1, -0.05) is 0 Å². The molecule has 0 aliphatic rings. The highest BCUT2D eigenvalue weighted by Gasteiger charge is 2.08. The maximum Gasteiger partial charge on any atom is 0.274 e. The normalized spacial score (nSPS) is 10.3. The number of nitrogens with zero attached hydrogens (tertiary/aromatic N) is 3. The summed E-state index contributed by atoms with van der Waals surface area (Å²) in [5, 5.41) is 10.4. The number of pyridine rings is 1. The molecule has 0 aromatic carbocycles. The Hall–Kier alpha value is -2.24. The molecule has 6 heteroatoms. The van der Waals surface area contributed by atoms with Crippen molar-refractivity contribution < 1.29 is 9.72 Å². The first kappa shape index (κ1) is 8.36. The Bertz CT molecular complexity index is 518. The molecule has 0 amide bonds. The summed E-state index contributed by atoms with van der Waals surface area (Å²) >= 11 is 0. The molecule has 6 nitrogen and oxygen atoms in total. The predicted molar refractivity (Wildman–Crippen MR) is 47.2 cm³/mol. The summed E-state index contributed by atoms with van der Waals surface area (Å²) in [5.41, 5.74) is 0.719. The van der Waals surface area contributed by atoms with Crippen molar-refractivity contribution in [2.75, 3.05) is 0 Å². The Morgan fingerprint density at radius 3 is 3.00 bits per heavy atom. The number of hydrogen-bond donors (Lipinski definition) is 0. The summed E-state index contributed by atoms with van der Waals surface area (Å²) in [6.45, 7) is 0. The van der Waals surface area contributed by atoms with Crippen LogP contribution >= 0.6 is 0 Å². The van der Waals surface area contributed by atoms with Crippen molar-refractivity contribution in [2.24, 2.45) is 0 Å². The van der Waals surface area contributed by atoms with Crippen LogP contribution in [0.4, 0.5) is 5.69 Å². The van der Waals surface area contributed by atoms with Crippen molar-refractivity contribution in [2.45, 2.75) is 0 Å². The topological polar surface area (TPSA) is 77.5 Å². The van der Waals surface area contributed by atoms with Gasteiger partial charge in [0, 0.05) is 12.3 Å². The van der Waals surface area contributed by atoms with E-state index in [4.69, 9.17) is 0 Å². The van der Waals surface area contributed by atoms with Crippen LogP contribution in [0.1, 0.15) is 10.5 Å². The van der Waals surface area contributed by atoms with E-state index in [2.05, 4.69) is 4.98 Å². The smallest absolute Gasteiger partial charge is 0.274 e. The highest BCUT2D eigenvalue weighted by atomic mass is 16.6. The van der Waals surface area contributed by atoms with Gasteiger partial charge in [-0.25, -0.2) is 4.98 Å². The lowest BCUT2D eigenvalue weighted by Crippen LogP contribution is -1.93. The van der Waals surface area contributed by atoms with Crippen LogP contribution in [0.2, 0.25) is 0 Å². The van der Waals surface area contributed by atoms with Crippen molar-refractivity contribution in [3.05, 3.63) is 40.3 Å². The van der Waals surface area contributed by atoms with E-state index >= 15 is 0 Å². The lowest BCUT2D eigenvalue weighted by molar-refractivity contribution is -0.384. The van der Waals surface area contributed by atoms with E-state index in [0.29, 0.717) is 17.6 Å². The monoisotopic (exact) mass is 191 g/mol. The Morgan fingerprint density at radius 1 is 1.57 bits per heavy atom. The van der Waals surface area contributed by atoms with E-state index in [-0.39, 0.29) is 5.69 Å². The standard InChI is InChI=1S/C8H5N3O3/c12-5-7-4-9-8-3-6(11(13)14)1-2-10(7)8/h1-5H. The van der Waals surface area contributed by atoms with E-state index in [1.807, 2.05) is 0 Å². The fourth-order valence-electron chi connectivity index (χ4n) is 1.19. The molecule has 0 aliphatic heterocycles. The first-order valence-electron chi connectivity index (χ1n) is 3.79. The number of rotatable bonds is 2. The maximum atomic E-state index is 10.5. The number of carbonyl (C=O) groups excluding carboxylic acids is 1. The number of aromatic nitrogens is 2. The first-order valence-corrected chi connectivity index (χ1v) is 3.79. The molecule has 0 radical (unpaired) electrons. The number of imidazole rings is 1. The van der Waals surface area contributed by atoms with E-state index in [9.17, 15) is 14.9 Å². The van der Waals surface area contributed by atoms with Gasteiger partial charge in [-0.2, -0.15) is 0 Å². The minimum Gasteiger partial charge on any atom is -0.297 e. The number of aldehydes is 1. The van der Waals surface area contributed by atoms with Gasteiger partial charge < -0.3 is 0 Å². The van der Waals surface area contributed by atoms with Gasteiger partial charge in [-0.05, 0) is 0 Å². The highest BCUT2D eigenvalue weighted by molar-refractivity contribution is 5.74. The maximum absolute atomic E-state index is 10.5. The summed E-state index contributed by atoms with van der Waals surface area (Å²) in [6.07, 6.45) is 3.46. The zero-order valence-corrected chi connectivity index (χ0v) is 6.95. The van der Waals surface area contributed by atoms with Crippen LogP contribution in [0, 0.1) is 10.1 Å². The molecule has 2 rings (SSSR count). The molecule has 0 unspecified atom stereocenters. The zero-order chi connectivity index (χ0) is 10.1. The van der Waals surface area contributed by atoms with Gasteiger partial charge in [0.2, 0.25) is 0 Å². The van der Waals surface area contributed by atoms with Crippen molar-refractivity contribution >= 4 is 17.6 Å². The first-order chi connectivity index (χ1) is 6.72. The molecule has 2 aromatic rings. The average Bonchev–Trinajstić information content (AvgIpc) is 2.59. The Kier molecular flexibility index (Phi) is 1.74. The van der Waals surface area contributed by atoms with E-state index < -0.39 is 4.92 Å². The van der Waals surface area contributed by atoms with Crippen LogP contribution in [0.5, 0.6) is 0 Å². The Balaban J connectivity index is 2.68. The van der Waals surface area contributed by atoms with Gasteiger partial charge in [-0.3, -0.25) is 19.3 Å². The molecule has 0 saturated carbocycles. The molecule has 0 N–H and O–H groups in total. The van der Waals surface area contributed by atoms with Gasteiger partial charge in [0.05, 0.1) is 17.2 Å². The SMILES string of the molecule is O=Cc1cnc2cc([N+](=O)[O-])ccn12. The fourth-order valence-corrected chi connectivity index (χ4v) is 1.19. The second kappa shape index (κ2) is 2.91. The van der Waals surface area contributed by atoms with E-state index in [1.165, 1.54) is 28.9 Å². The molecular formula is C8H5N3O3. The quantitative estimate of drug-likeness (QED) is 0.404. The largest absolute Gasteiger partial charge is 0.297 e. The third-order valence-electron chi connectivity index (χ3n) is 1.86. The van der Waals surface area contributed by atoms with Crippen LogP contribution in [0.15, 0.2) is 24.5 Å². The van der Waals surface area contributed by atoms with Gasteiger partial charge in [0.15, 0.2) is 6.29 Å². The van der Waals surface area contributed by atoms with Crippen LogP contribution in [-0.4, -0.2) is 20.6 Å². The van der Waals surface area contributed by atoms with E-state index in [0.717, 1.165) is 0 Å². The second-order valence-corrected chi connectivity index (χ2v) is 2.67. The molecule has 0 spiro atoms. The summed E-state index contributed by atoms with van der Waals surface area (Å²) in [6, 6.07) is 2.63. The van der Waals surface area contributed by atoms with Gasteiger partial charge in [0.1, 0.15) is 11.3 Å². The third kappa shape index (κ3) is 1.13. The Labute approximate surface area is 77.9 Å². The highest BCUT2D eigenvalue weighted by Crippen LogP contribution is 2.14. The van der Waals surface area contributed by atoms with Crippen molar-refractivity contribution in [1.82, 2.24) is 9.38 Å². The molecule has 14 heavy (non-hydrogen) atoms. The van der Waals surface area contributed by atoms with Gasteiger partial charge in [-0.15, -0.1) is 0 Å². The lowest BCUT2D eigenvalue weighted by atomic mass is 10.4. The Morgan fingerprint density at radius 2 is 2.36 bits per heavy atom. The average molecular weight is 191 g/mol. The molecule has 70 valence electrons. The molecule has 2 heterocycles. The summed E-state index contributed by atoms with van der Waals surface area (Å²) in [5.74, 6) is 0. The molecule has 0 fully saturated rings. The molecule has 0 aliphatic carbocycles. The predicted octanol–water partition coefficient (Wildman–Crippen LogP) is 1.05. The molecule has 0 saturated heterocycles. The fraction of sp³-hybridized carbons (Fsp3) is 0. The summed E-state index contributed by atoms with van der Waals surface area (Å²) in [7, 11) is 0. The van der Waals surface area contributed by atoms with Crippen LogP contribution in [0.3, 0.4) is 0 Å². The van der Waals surface area contributed by atoms with Crippen LogP contribution in [-0.2, 0) is 0 Å². The number of nitro groups is 1. The van der Waals surface area contributed by atoms with Crippen LogP contribution in [0.25, 0.3) is 5.65 Å². The second-order valence-electron chi connectivity index (χ2n) is 2.67. The number of carbonyl (C=O) groups is 1. The molecular weight excluding hydrogens is 186 g/mol.